The molecule has 1 amide bonds. The molecule has 0 aliphatic rings. The zero-order valence-corrected chi connectivity index (χ0v) is 11.6. The molecule has 0 saturated carbocycles. The number of carbonyl (C=O) groups excluding carboxylic acids is 1. The average Bonchev–Trinajstić information content (AvgIpc) is 2.40. The van der Waals surface area contributed by atoms with Crippen molar-refractivity contribution in [3.8, 4) is 0 Å². The van der Waals surface area contributed by atoms with Crippen molar-refractivity contribution in [2.75, 3.05) is 7.11 Å². The summed E-state index contributed by atoms with van der Waals surface area (Å²) in [5, 5.41) is 11.6. The first-order chi connectivity index (χ1) is 9.40. The number of aryl methyl sites for hydroxylation is 1. The second-order valence-corrected chi connectivity index (χ2v) is 4.42. The molecule has 1 aromatic rings. The van der Waals surface area contributed by atoms with Gasteiger partial charge in [-0.2, -0.15) is 0 Å². The summed E-state index contributed by atoms with van der Waals surface area (Å²) < 4.78 is 18.2. The van der Waals surface area contributed by atoms with E-state index in [0.29, 0.717) is 17.5 Å². The van der Waals surface area contributed by atoms with E-state index < -0.39 is 29.8 Å². The molecule has 0 fully saturated rings. The fraction of sp³-hybridized carbons (Fsp3) is 0.429. The Kier molecular flexibility index (Phi) is 5.64. The molecule has 2 atom stereocenters. The van der Waals surface area contributed by atoms with Gasteiger partial charge in [0, 0.05) is 7.11 Å². The maximum atomic E-state index is 13.2. The second kappa shape index (κ2) is 7.00. The number of carbonyl (C=O) groups is 2. The molecule has 1 aromatic carbocycles. The van der Waals surface area contributed by atoms with E-state index >= 15 is 0 Å². The fourth-order valence-electron chi connectivity index (χ4n) is 1.83. The summed E-state index contributed by atoms with van der Waals surface area (Å²) in [6.07, 6.45) is -0.282. The van der Waals surface area contributed by atoms with Crippen LogP contribution in [0, 0.1) is 12.7 Å². The van der Waals surface area contributed by atoms with Crippen molar-refractivity contribution in [1.82, 2.24) is 5.32 Å². The van der Waals surface area contributed by atoms with Crippen LogP contribution in [0.25, 0.3) is 0 Å². The van der Waals surface area contributed by atoms with E-state index in [-0.39, 0.29) is 0 Å². The number of hydrogen-bond donors (Lipinski definition) is 2. The SMILES string of the molecule is CCC(OC)C(=O)NC(C(=O)O)c1ccc(F)c(C)c1. The van der Waals surface area contributed by atoms with Crippen molar-refractivity contribution in [1.29, 1.82) is 0 Å². The normalized spacial score (nSPS) is 13.6. The van der Waals surface area contributed by atoms with Crippen molar-refractivity contribution in [3.63, 3.8) is 0 Å². The van der Waals surface area contributed by atoms with Crippen molar-refractivity contribution < 1.29 is 23.8 Å². The number of carboxylic acid groups (broad SMARTS) is 1. The standard InChI is InChI=1S/C14H18FNO4/c1-4-11(20-3)13(17)16-12(14(18)19)9-5-6-10(15)8(2)7-9/h5-7,11-12H,4H2,1-3H3,(H,16,17)(H,18,19). The molecule has 6 heteroatoms. The van der Waals surface area contributed by atoms with Crippen LogP contribution < -0.4 is 5.32 Å². The Morgan fingerprint density at radius 1 is 1.45 bits per heavy atom. The predicted molar refractivity (Wildman–Crippen MR) is 70.7 cm³/mol. The van der Waals surface area contributed by atoms with E-state index in [9.17, 15) is 19.1 Å². The van der Waals surface area contributed by atoms with Gasteiger partial charge in [-0.3, -0.25) is 4.79 Å². The molecule has 0 aromatic heterocycles. The number of carboxylic acids is 1. The van der Waals surface area contributed by atoms with E-state index in [1.165, 1.54) is 32.2 Å². The Bertz CT molecular complexity index is 500. The highest BCUT2D eigenvalue weighted by Crippen LogP contribution is 2.17. The third kappa shape index (κ3) is 3.77. The van der Waals surface area contributed by atoms with Gasteiger partial charge in [0.05, 0.1) is 0 Å². The van der Waals surface area contributed by atoms with Gasteiger partial charge in [0.2, 0.25) is 5.91 Å². The minimum atomic E-state index is -1.23. The third-order valence-corrected chi connectivity index (χ3v) is 3.00. The highest BCUT2D eigenvalue weighted by Gasteiger charge is 2.26. The molecule has 0 heterocycles. The van der Waals surface area contributed by atoms with Crippen LogP contribution in [0.5, 0.6) is 0 Å². The molecule has 20 heavy (non-hydrogen) atoms. The van der Waals surface area contributed by atoms with Crippen LogP contribution in [-0.2, 0) is 14.3 Å². The number of ether oxygens (including phenoxy) is 1. The summed E-state index contributed by atoms with van der Waals surface area (Å²) in [7, 11) is 1.38. The topological polar surface area (TPSA) is 75.6 Å². The van der Waals surface area contributed by atoms with Crippen LogP contribution in [0.1, 0.15) is 30.5 Å². The van der Waals surface area contributed by atoms with Crippen LogP contribution >= 0.6 is 0 Å². The number of nitrogens with one attached hydrogen (secondary N) is 1. The number of hydrogen-bond acceptors (Lipinski definition) is 3. The van der Waals surface area contributed by atoms with Crippen molar-refractivity contribution in [2.24, 2.45) is 0 Å². The number of rotatable bonds is 6. The van der Waals surface area contributed by atoms with E-state index in [1.54, 1.807) is 6.92 Å². The zero-order valence-electron chi connectivity index (χ0n) is 11.6. The smallest absolute Gasteiger partial charge is 0.330 e. The first kappa shape index (κ1) is 16.1. The van der Waals surface area contributed by atoms with Crippen LogP contribution in [0.15, 0.2) is 18.2 Å². The minimum Gasteiger partial charge on any atom is -0.479 e. The summed E-state index contributed by atoms with van der Waals surface area (Å²) in [6, 6.07) is 2.70. The molecule has 2 N–H and O–H groups in total. The first-order valence-electron chi connectivity index (χ1n) is 6.22. The molecule has 1 rings (SSSR count). The highest BCUT2D eigenvalue weighted by molar-refractivity contribution is 5.87. The fourth-order valence-corrected chi connectivity index (χ4v) is 1.83. The van der Waals surface area contributed by atoms with Gasteiger partial charge < -0.3 is 15.2 Å². The molecule has 5 nitrogen and oxygen atoms in total. The average molecular weight is 283 g/mol. The van der Waals surface area contributed by atoms with Crippen molar-refractivity contribution in [2.45, 2.75) is 32.4 Å². The van der Waals surface area contributed by atoms with Gasteiger partial charge in [-0.25, -0.2) is 9.18 Å². The Labute approximate surface area is 116 Å². The largest absolute Gasteiger partial charge is 0.479 e. The van der Waals surface area contributed by atoms with Gasteiger partial charge in [0.25, 0.3) is 0 Å². The number of benzene rings is 1. The lowest BCUT2D eigenvalue weighted by molar-refractivity contribution is -0.144. The molecule has 0 bridgehead atoms. The van der Waals surface area contributed by atoms with Gasteiger partial charge in [0.1, 0.15) is 11.9 Å². The quantitative estimate of drug-likeness (QED) is 0.834. The molecule has 0 spiro atoms. The molecule has 0 aliphatic carbocycles. The lowest BCUT2D eigenvalue weighted by atomic mass is 10.0. The summed E-state index contributed by atoms with van der Waals surface area (Å²) in [5.74, 6) is -2.15. The van der Waals surface area contributed by atoms with E-state index in [0.717, 1.165) is 0 Å². The summed E-state index contributed by atoms with van der Waals surface area (Å²) >= 11 is 0. The lowest BCUT2D eigenvalue weighted by Crippen LogP contribution is -2.40. The first-order valence-corrected chi connectivity index (χ1v) is 6.22. The predicted octanol–water partition coefficient (Wildman–Crippen LogP) is 1.80. The van der Waals surface area contributed by atoms with E-state index in [4.69, 9.17) is 4.74 Å². The van der Waals surface area contributed by atoms with E-state index in [2.05, 4.69) is 5.32 Å². The Balaban J connectivity index is 2.97. The summed E-state index contributed by atoms with van der Waals surface area (Å²) in [4.78, 5) is 23.2. The molecular formula is C14H18FNO4. The van der Waals surface area contributed by atoms with Gasteiger partial charge >= 0.3 is 5.97 Å². The molecule has 110 valence electrons. The van der Waals surface area contributed by atoms with Crippen molar-refractivity contribution in [3.05, 3.63) is 35.1 Å². The van der Waals surface area contributed by atoms with Crippen LogP contribution in [-0.4, -0.2) is 30.2 Å². The third-order valence-electron chi connectivity index (χ3n) is 3.00. The van der Waals surface area contributed by atoms with Crippen LogP contribution in [0.4, 0.5) is 4.39 Å². The van der Waals surface area contributed by atoms with Crippen LogP contribution in [0.3, 0.4) is 0 Å². The second-order valence-electron chi connectivity index (χ2n) is 4.42. The number of methoxy groups -OCH3 is 1. The number of amides is 1. The molecule has 0 aliphatic heterocycles. The maximum Gasteiger partial charge on any atom is 0.330 e. The Hall–Kier alpha value is -1.95. The number of aliphatic carboxylic acids is 1. The highest BCUT2D eigenvalue weighted by atomic mass is 19.1. The minimum absolute atomic E-state index is 0.315. The van der Waals surface area contributed by atoms with Crippen molar-refractivity contribution >= 4 is 11.9 Å². The van der Waals surface area contributed by atoms with Crippen LogP contribution in [0.2, 0.25) is 0 Å². The maximum absolute atomic E-state index is 13.2. The summed E-state index contributed by atoms with van der Waals surface area (Å²) in [6.45, 7) is 3.29. The number of halogens is 1. The van der Waals surface area contributed by atoms with Gasteiger partial charge in [-0.05, 0) is 30.5 Å². The Morgan fingerprint density at radius 2 is 2.10 bits per heavy atom. The molecule has 2 unspecified atom stereocenters. The van der Waals surface area contributed by atoms with Gasteiger partial charge in [0.15, 0.2) is 6.04 Å². The molecule has 0 radical (unpaired) electrons. The van der Waals surface area contributed by atoms with Gasteiger partial charge in [-0.1, -0.05) is 19.1 Å². The van der Waals surface area contributed by atoms with E-state index in [1.807, 2.05) is 0 Å². The Morgan fingerprint density at radius 3 is 2.55 bits per heavy atom. The monoisotopic (exact) mass is 283 g/mol. The summed E-state index contributed by atoms with van der Waals surface area (Å²) in [5.41, 5.74) is 0.637. The lowest BCUT2D eigenvalue weighted by Gasteiger charge is -2.19. The molecule has 0 saturated heterocycles. The zero-order chi connectivity index (χ0) is 15.3. The molecular weight excluding hydrogens is 265 g/mol. The van der Waals surface area contributed by atoms with Gasteiger partial charge in [-0.15, -0.1) is 0 Å².